The lowest BCUT2D eigenvalue weighted by atomic mass is 10.2. The molecule has 2 aliphatic heterocycles. The van der Waals surface area contributed by atoms with Crippen LogP contribution in [-0.4, -0.2) is 59.6 Å². The summed E-state index contributed by atoms with van der Waals surface area (Å²) in [4.78, 5) is 19.2. The van der Waals surface area contributed by atoms with Gasteiger partial charge in [-0.1, -0.05) is 0 Å². The number of nitrogens with zero attached hydrogens (tertiary/aromatic N) is 2. The van der Waals surface area contributed by atoms with Gasteiger partial charge < -0.3 is 19.5 Å². The molecule has 6 nitrogen and oxygen atoms in total. The summed E-state index contributed by atoms with van der Waals surface area (Å²) in [5, 5.41) is 0. The Morgan fingerprint density at radius 2 is 2.05 bits per heavy atom. The number of hydrogen-bond donors (Lipinski definition) is 1. The molecule has 2 fully saturated rings. The zero-order valence-corrected chi connectivity index (χ0v) is 13.0. The van der Waals surface area contributed by atoms with E-state index in [4.69, 9.17) is 4.74 Å². The molecule has 0 bridgehead atoms. The average molecular weight is 311 g/mol. The maximum Gasteiger partial charge on any atom is 0.251 e. The van der Waals surface area contributed by atoms with Gasteiger partial charge in [-0.15, -0.1) is 0 Å². The van der Waals surface area contributed by atoms with Crippen LogP contribution in [0.2, 0.25) is 0 Å². The smallest absolute Gasteiger partial charge is 0.251 e. The van der Waals surface area contributed by atoms with Gasteiger partial charge in [-0.3, -0.25) is 9.00 Å². The van der Waals surface area contributed by atoms with Gasteiger partial charge in [0, 0.05) is 65.8 Å². The van der Waals surface area contributed by atoms with E-state index in [2.05, 4.69) is 21.7 Å². The number of H-pyrrole nitrogens is 1. The summed E-state index contributed by atoms with van der Waals surface area (Å²) in [6.45, 7) is 5.73. The largest absolute Gasteiger partial charge is 0.377 e. The molecule has 1 unspecified atom stereocenters. The fraction of sp³-hybridized carbons (Fsp3) is 0.643. The fourth-order valence-corrected chi connectivity index (χ4v) is 3.89. The predicted molar refractivity (Wildman–Crippen MR) is 84.8 cm³/mol. The second kappa shape index (κ2) is 6.19. The Kier molecular flexibility index (Phi) is 4.30. The summed E-state index contributed by atoms with van der Waals surface area (Å²) >= 11 is 0. The number of morpholine rings is 1. The third kappa shape index (κ3) is 3.29. The van der Waals surface area contributed by atoms with E-state index < -0.39 is 10.8 Å². The van der Waals surface area contributed by atoms with E-state index >= 15 is 0 Å². The van der Waals surface area contributed by atoms with Crippen molar-refractivity contribution >= 4 is 22.3 Å². The first-order chi connectivity index (χ1) is 10.1. The maximum absolute atomic E-state index is 12.0. The van der Waals surface area contributed by atoms with Crippen molar-refractivity contribution < 1.29 is 8.95 Å². The van der Waals surface area contributed by atoms with Crippen molar-refractivity contribution in [2.45, 2.75) is 13.0 Å². The molecule has 0 saturated carbocycles. The molecule has 0 aromatic carbocycles. The Balaban J connectivity index is 1.85. The van der Waals surface area contributed by atoms with Gasteiger partial charge in [0.2, 0.25) is 0 Å². The van der Waals surface area contributed by atoms with Crippen LogP contribution in [0.1, 0.15) is 6.92 Å². The zero-order chi connectivity index (χ0) is 14.8. The van der Waals surface area contributed by atoms with E-state index in [1.54, 1.807) is 6.07 Å². The molecule has 2 aliphatic rings. The Hall–Kier alpha value is -1.34. The zero-order valence-electron chi connectivity index (χ0n) is 12.2. The average Bonchev–Trinajstić information content (AvgIpc) is 2.48. The third-order valence-corrected chi connectivity index (χ3v) is 5.31. The summed E-state index contributed by atoms with van der Waals surface area (Å²) in [5.74, 6) is 2.16. The molecule has 0 aliphatic carbocycles. The SMILES string of the molecule is CC1COCCN1c1cc(N2CCS(=O)CC2)[nH]c(=O)c1. The van der Waals surface area contributed by atoms with Crippen molar-refractivity contribution in [2.75, 3.05) is 54.2 Å². The fourth-order valence-electron chi connectivity index (χ4n) is 2.84. The minimum Gasteiger partial charge on any atom is -0.377 e. The highest BCUT2D eigenvalue weighted by Crippen LogP contribution is 2.22. The number of nitrogens with one attached hydrogen (secondary N) is 1. The molecule has 116 valence electrons. The molecule has 3 rings (SSSR count). The highest BCUT2D eigenvalue weighted by Gasteiger charge is 2.22. The minimum atomic E-state index is -0.716. The van der Waals surface area contributed by atoms with E-state index in [-0.39, 0.29) is 11.6 Å². The van der Waals surface area contributed by atoms with Gasteiger partial charge in [-0.25, -0.2) is 0 Å². The van der Waals surface area contributed by atoms with Crippen molar-refractivity contribution in [3.8, 4) is 0 Å². The van der Waals surface area contributed by atoms with Crippen molar-refractivity contribution in [1.82, 2.24) is 4.98 Å². The Morgan fingerprint density at radius 3 is 2.76 bits per heavy atom. The molecular formula is C14H21N3O3S. The van der Waals surface area contributed by atoms with Crippen LogP contribution in [-0.2, 0) is 15.5 Å². The van der Waals surface area contributed by atoms with E-state index in [1.807, 2.05) is 6.07 Å². The van der Waals surface area contributed by atoms with Crippen molar-refractivity contribution in [1.29, 1.82) is 0 Å². The highest BCUT2D eigenvalue weighted by molar-refractivity contribution is 7.85. The molecule has 21 heavy (non-hydrogen) atoms. The first-order valence-electron chi connectivity index (χ1n) is 7.32. The van der Waals surface area contributed by atoms with Gasteiger partial charge in [0.05, 0.1) is 13.2 Å². The van der Waals surface area contributed by atoms with Gasteiger partial charge in [-0.05, 0) is 6.92 Å². The number of ether oxygens (including phenoxy) is 1. The van der Waals surface area contributed by atoms with Crippen LogP contribution in [0, 0.1) is 0 Å². The number of aromatic amines is 1. The van der Waals surface area contributed by atoms with E-state index in [9.17, 15) is 9.00 Å². The first kappa shape index (κ1) is 14.6. The lowest BCUT2D eigenvalue weighted by Crippen LogP contribution is -2.44. The summed E-state index contributed by atoms with van der Waals surface area (Å²) in [5.41, 5.74) is 0.851. The van der Waals surface area contributed by atoms with Gasteiger partial charge in [0.1, 0.15) is 5.82 Å². The third-order valence-electron chi connectivity index (χ3n) is 4.03. The molecule has 1 aromatic heterocycles. The molecule has 0 spiro atoms. The Bertz CT molecular complexity index is 579. The lowest BCUT2D eigenvalue weighted by molar-refractivity contribution is 0.0989. The van der Waals surface area contributed by atoms with Crippen LogP contribution >= 0.6 is 0 Å². The van der Waals surface area contributed by atoms with E-state index in [0.29, 0.717) is 24.7 Å². The second-order valence-electron chi connectivity index (χ2n) is 5.54. The van der Waals surface area contributed by atoms with Crippen LogP contribution in [0.25, 0.3) is 0 Å². The molecular weight excluding hydrogens is 290 g/mol. The Labute approximate surface area is 126 Å². The molecule has 3 heterocycles. The first-order valence-corrected chi connectivity index (χ1v) is 8.81. The van der Waals surface area contributed by atoms with Crippen molar-refractivity contribution in [3.63, 3.8) is 0 Å². The Morgan fingerprint density at radius 1 is 1.29 bits per heavy atom. The van der Waals surface area contributed by atoms with Crippen LogP contribution in [0.15, 0.2) is 16.9 Å². The quantitative estimate of drug-likeness (QED) is 0.843. The van der Waals surface area contributed by atoms with Crippen molar-refractivity contribution in [2.24, 2.45) is 0 Å². The molecule has 0 radical (unpaired) electrons. The number of rotatable bonds is 2. The topological polar surface area (TPSA) is 65.6 Å². The molecule has 1 atom stereocenters. The molecule has 0 amide bonds. The normalized spacial score (nSPS) is 24.3. The summed E-state index contributed by atoms with van der Waals surface area (Å²) in [7, 11) is -0.716. The number of aromatic nitrogens is 1. The van der Waals surface area contributed by atoms with Crippen LogP contribution in [0.3, 0.4) is 0 Å². The standard InChI is InChI=1S/C14H21N3O3S/c1-11-10-20-5-2-17(11)12-8-13(15-14(18)9-12)16-3-6-21(19)7-4-16/h8-9,11H,2-7,10H2,1H3,(H,15,18). The summed E-state index contributed by atoms with van der Waals surface area (Å²) in [6, 6.07) is 3.94. The van der Waals surface area contributed by atoms with Crippen molar-refractivity contribution in [3.05, 3.63) is 22.5 Å². The van der Waals surface area contributed by atoms with Gasteiger partial charge in [-0.2, -0.15) is 0 Å². The van der Waals surface area contributed by atoms with Gasteiger partial charge >= 0.3 is 0 Å². The molecule has 2 saturated heterocycles. The minimum absolute atomic E-state index is 0.0899. The summed E-state index contributed by atoms with van der Waals surface area (Å²) in [6.07, 6.45) is 0. The highest BCUT2D eigenvalue weighted by atomic mass is 32.2. The number of pyridine rings is 1. The van der Waals surface area contributed by atoms with E-state index in [0.717, 1.165) is 31.1 Å². The lowest BCUT2D eigenvalue weighted by Gasteiger charge is -2.36. The number of hydrogen-bond acceptors (Lipinski definition) is 5. The van der Waals surface area contributed by atoms with Gasteiger partial charge in [0.25, 0.3) is 5.56 Å². The second-order valence-corrected chi connectivity index (χ2v) is 7.24. The molecule has 7 heteroatoms. The summed E-state index contributed by atoms with van der Waals surface area (Å²) < 4.78 is 16.9. The monoisotopic (exact) mass is 311 g/mol. The van der Waals surface area contributed by atoms with Crippen LogP contribution < -0.4 is 15.4 Å². The molecule has 1 aromatic rings. The predicted octanol–water partition coefficient (Wildman–Crippen LogP) is 0.169. The van der Waals surface area contributed by atoms with Crippen LogP contribution in [0.4, 0.5) is 11.5 Å². The van der Waals surface area contributed by atoms with E-state index in [1.165, 1.54) is 0 Å². The number of anilines is 2. The molecule has 1 N–H and O–H groups in total. The maximum atomic E-state index is 12.0. The van der Waals surface area contributed by atoms with Gasteiger partial charge in [0.15, 0.2) is 0 Å². The van der Waals surface area contributed by atoms with Crippen LogP contribution in [0.5, 0.6) is 0 Å².